The summed E-state index contributed by atoms with van der Waals surface area (Å²) in [5, 5.41) is 0.561. The number of pyridine rings is 1. The molecule has 2 rings (SSSR count). The number of hydrogen-bond acceptors (Lipinski definition) is 6. The number of para-hydroxylation sites is 1. The number of fused-ring (bicyclic) bond motifs is 1. The number of sulfone groups is 1. The van der Waals surface area contributed by atoms with E-state index < -0.39 is 32.9 Å². The highest BCUT2D eigenvalue weighted by Crippen LogP contribution is 2.55. The van der Waals surface area contributed by atoms with Gasteiger partial charge in [0.05, 0.1) is 13.2 Å². The fourth-order valence-corrected chi connectivity index (χ4v) is 6.55. The molecule has 1 aromatic carbocycles. The molecule has 0 saturated carbocycles. The highest BCUT2D eigenvalue weighted by molar-refractivity contribution is 7.98. The zero-order valence-electron chi connectivity index (χ0n) is 13.7. The van der Waals surface area contributed by atoms with E-state index in [9.17, 15) is 17.8 Å². The van der Waals surface area contributed by atoms with E-state index in [-0.39, 0.29) is 13.2 Å². The van der Waals surface area contributed by atoms with E-state index in [2.05, 4.69) is 4.98 Å². The molecule has 1 N–H and O–H groups in total. The average molecular weight is 373 g/mol. The van der Waals surface area contributed by atoms with Crippen LogP contribution in [0.4, 0.5) is 0 Å². The number of rotatable bonds is 7. The van der Waals surface area contributed by atoms with Crippen molar-refractivity contribution in [2.24, 2.45) is 0 Å². The molecule has 1 aromatic heterocycles. The summed E-state index contributed by atoms with van der Waals surface area (Å²) in [6.45, 7) is 4.48. The van der Waals surface area contributed by atoms with Gasteiger partial charge in [-0.05, 0) is 38.3 Å². The lowest BCUT2D eigenvalue weighted by molar-refractivity contribution is 0.218. The summed E-state index contributed by atoms with van der Waals surface area (Å²) >= 11 is 0. The predicted octanol–water partition coefficient (Wildman–Crippen LogP) is 2.91. The van der Waals surface area contributed by atoms with Gasteiger partial charge in [0.2, 0.25) is 0 Å². The van der Waals surface area contributed by atoms with Gasteiger partial charge in [0.1, 0.15) is 4.90 Å². The van der Waals surface area contributed by atoms with Crippen LogP contribution in [0, 0.1) is 0 Å². The van der Waals surface area contributed by atoms with Crippen molar-refractivity contribution >= 4 is 28.3 Å². The second-order valence-electron chi connectivity index (χ2n) is 5.07. The molecule has 0 aliphatic rings. The Morgan fingerprint density at radius 2 is 1.75 bits per heavy atom. The average Bonchev–Trinajstić information content (AvgIpc) is 2.53. The standard InChI is InChI=1S/C15H20NO6PS/c1-4-21-23(18,22-5-2)11(3)24(19,20)14-10-12-8-6-7-9-13(12)16-15(14)17/h6-11H,4-5H2,1-3H3,(H,16,17). The van der Waals surface area contributed by atoms with Crippen LogP contribution in [0.15, 0.2) is 40.0 Å². The first-order valence-electron chi connectivity index (χ1n) is 7.51. The first kappa shape index (κ1) is 18.9. The normalized spacial score (nSPS) is 14.0. The Morgan fingerprint density at radius 1 is 1.17 bits per heavy atom. The molecule has 0 spiro atoms. The number of aromatic amines is 1. The lowest BCUT2D eigenvalue weighted by Crippen LogP contribution is -2.27. The quantitative estimate of drug-likeness (QED) is 0.749. The minimum Gasteiger partial charge on any atom is -0.321 e. The summed E-state index contributed by atoms with van der Waals surface area (Å²) in [5.41, 5.74) is -0.244. The van der Waals surface area contributed by atoms with Crippen LogP contribution in [0.25, 0.3) is 10.9 Å². The summed E-state index contributed by atoms with van der Waals surface area (Å²) in [6, 6.07) is 8.09. The molecule has 0 fully saturated rings. The van der Waals surface area contributed by atoms with Crippen molar-refractivity contribution in [1.29, 1.82) is 0 Å². The molecule has 2 aromatic rings. The Balaban J connectivity index is 2.59. The van der Waals surface area contributed by atoms with Crippen LogP contribution in [-0.4, -0.2) is 31.6 Å². The molecule has 0 saturated heterocycles. The molecular weight excluding hydrogens is 353 g/mol. The van der Waals surface area contributed by atoms with Crippen LogP contribution in [0.1, 0.15) is 20.8 Å². The maximum absolute atomic E-state index is 12.8. The highest BCUT2D eigenvalue weighted by atomic mass is 32.2. The maximum Gasteiger partial charge on any atom is 0.348 e. The molecule has 132 valence electrons. The molecule has 0 aliphatic carbocycles. The minimum absolute atomic E-state index is 0.0330. The summed E-state index contributed by atoms with van der Waals surface area (Å²) in [7, 11) is -8.14. The molecule has 0 amide bonds. The Bertz CT molecular complexity index is 926. The van der Waals surface area contributed by atoms with E-state index in [1.165, 1.54) is 13.0 Å². The van der Waals surface area contributed by atoms with Crippen LogP contribution in [0.5, 0.6) is 0 Å². The zero-order valence-corrected chi connectivity index (χ0v) is 15.4. The smallest absolute Gasteiger partial charge is 0.321 e. The topological polar surface area (TPSA) is 103 Å². The van der Waals surface area contributed by atoms with Crippen molar-refractivity contribution in [3.05, 3.63) is 40.7 Å². The molecular formula is C15H20NO6PS. The summed E-state index contributed by atoms with van der Waals surface area (Å²) in [5.74, 6) is 0. The molecule has 24 heavy (non-hydrogen) atoms. The minimum atomic E-state index is -4.22. The SMILES string of the molecule is CCOP(=O)(OCC)C(C)S(=O)(=O)c1cc2ccccc2[nH]c1=O. The molecule has 9 heteroatoms. The van der Waals surface area contributed by atoms with Gasteiger partial charge in [-0.2, -0.15) is 0 Å². The first-order valence-corrected chi connectivity index (χ1v) is 10.7. The fourth-order valence-electron chi connectivity index (χ4n) is 2.30. The lowest BCUT2D eigenvalue weighted by atomic mass is 10.2. The lowest BCUT2D eigenvalue weighted by Gasteiger charge is -2.23. The largest absolute Gasteiger partial charge is 0.348 e. The van der Waals surface area contributed by atoms with Gasteiger partial charge < -0.3 is 14.0 Å². The van der Waals surface area contributed by atoms with Gasteiger partial charge in [-0.3, -0.25) is 9.36 Å². The van der Waals surface area contributed by atoms with Gasteiger partial charge >= 0.3 is 7.60 Å². The molecule has 1 unspecified atom stereocenters. The summed E-state index contributed by atoms with van der Waals surface area (Å²) in [6.07, 6.45) is 0. The number of H-pyrrole nitrogens is 1. The van der Waals surface area contributed by atoms with Gasteiger partial charge in [0, 0.05) is 5.52 Å². The Kier molecular flexibility index (Phi) is 5.65. The van der Waals surface area contributed by atoms with Crippen molar-refractivity contribution < 1.29 is 22.0 Å². The Hall–Kier alpha value is -1.47. The number of benzene rings is 1. The fraction of sp³-hybridized carbons (Fsp3) is 0.400. The van der Waals surface area contributed by atoms with Crippen molar-refractivity contribution in [3.8, 4) is 0 Å². The van der Waals surface area contributed by atoms with E-state index in [1.807, 2.05) is 0 Å². The van der Waals surface area contributed by atoms with Gasteiger partial charge in [-0.15, -0.1) is 0 Å². The van der Waals surface area contributed by atoms with Gasteiger partial charge in [-0.1, -0.05) is 18.2 Å². The number of aromatic nitrogens is 1. The molecule has 1 atom stereocenters. The molecule has 0 radical (unpaired) electrons. The van der Waals surface area contributed by atoms with Crippen molar-refractivity contribution in [2.45, 2.75) is 30.7 Å². The van der Waals surface area contributed by atoms with Crippen molar-refractivity contribution in [2.75, 3.05) is 13.2 Å². The maximum atomic E-state index is 12.8. The van der Waals surface area contributed by atoms with Gasteiger partial charge in [-0.25, -0.2) is 8.42 Å². The molecule has 7 nitrogen and oxygen atoms in total. The van der Waals surface area contributed by atoms with E-state index in [0.29, 0.717) is 10.9 Å². The van der Waals surface area contributed by atoms with Gasteiger partial charge in [0.25, 0.3) is 5.56 Å². The van der Waals surface area contributed by atoms with E-state index in [0.717, 1.165) is 0 Å². The third-order valence-corrected chi connectivity index (χ3v) is 9.09. The van der Waals surface area contributed by atoms with E-state index in [4.69, 9.17) is 9.05 Å². The third-order valence-electron chi connectivity index (χ3n) is 3.54. The summed E-state index contributed by atoms with van der Waals surface area (Å²) < 4.78 is 48.7. The van der Waals surface area contributed by atoms with Crippen LogP contribution >= 0.6 is 7.60 Å². The number of nitrogens with one attached hydrogen (secondary N) is 1. The second kappa shape index (κ2) is 7.19. The predicted molar refractivity (Wildman–Crippen MR) is 92.1 cm³/mol. The monoisotopic (exact) mass is 373 g/mol. The summed E-state index contributed by atoms with van der Waals surface area (Å²) in [4.78, 5) is 12.8. The Labute approximate surface area is 140 Å². The zero-order chi connectivity index (χ0) is 18.0. The van der Waals surface area contributed by atoms with Crippen LogP contribution in [0.3, 0.4) is 0 Å². The highest BCUT2D eigenvalue weighted by Gasteiger charge is 2.43. The van der Waals surface area contributed by atoms with Crippen LogP contribution in [-0.2, 0) is 23.4 Å². The molecule has 1 heterocycles. The number of hydrogen-bond donors (Lipinski definition) is 1. The Morgan fingerprint density at radius 3 is 2.33 bits per heavy atom. The van der Waals surface area contributed by atoms with Gasteiger partial charge in [0.15, 0.2) is 14.8 Å². The van der Waals surface area contributed by atoms with Crippen LogP contribution < -0.4 is 5.56 Å². The van der Waals surface area contributed by atoms with E-state index in [1.54, 1.807) is 38.1 Å². The second-order valence-corrected chi connectivity index (χ2v) is 10.0. The van der Waals surface area contributed by atoms with E-state index >= 15 is 0 Å². The molecule has 0 aliphatic heterocycles. The van der Waals surface area contributed by atoms with Crippen LogP contribution in [0.2, 0.25) is 0 Å². The van der Waals surface area contributed by atoms with Crippen molar-refractivity contribution in [1.82, 2.24) is 4.98 Å². The van der Waals surface area contributed by atoms with Crippen molar-refractivity contribution in [3.63, 3.8) is 0 Å². The first-order chi connectivity index (χ1) is 11.3. The molecule has 0 bridgehead atoms. The third kappa shape index (κ3) is 3.47.